The highest BCUT2D eigenvalue weighted by atomic mass is 32.2. The van der Waals surface area contributed by atoms with Gasteiger partial charge >= 0.3 is 0 Å². The molecule has 2 rings (SSSR count). The molecule has 0 fully saturated rings. The minimum atomic E-state index is -3.28. The number of nitrogen functional groups attached to an aromatic ring is 1. The van der Waals surface area contributed by atoms with Crippen LogP contribution in [-0.2, 0) is 16.9 Å². The average molecular weight is 251 g/mol. The predicted octanol–water partition coefficient (Wildman–Crippen LogP) is 1.07. The molecule has 0 radical (unpaired) electrons. The molecule has 0 spiro atoms. The van der Waals surface area contributed by atoms with E-state index in [0.717, 1.165) is 17.5 Å². The van der Waals surface area contributed by atoms with Crippen molar-refractivity contribution in [1.29, 1.82) is 0 Å². The summed E-state index contributed by atoms with van der Waals surface area (Å²) in [5.74, 6) is 0. The first-order valence-corrected chi connectivity index (χ1v) is 6.86. The second-order valence-corrected chi connectivity index (χ2v) is 5.85. The van der Waals surface area contributed by atoms with Gasteiger partial charge in [0.05, 0.1) is 16.3 Å². The number of hydrogen-bond donors (Lipinski definition) is 1. The van der Waals surface area contributed by atoms with Crippen LogP contribution in [0.3, 0.4) is 0 Å². The third-order valence-corrected chi connectivity index (χ3v) is 3.70. The van der Waals surface area contributed by atoms with Crippen molar-refractivity contribution >= 4 is 15.5 Å². The van der Waals surface area contributed by atoms with Crippen LogP contribution in [0.25, 0.3) is 11.3 Å². The van der Waals surface area contributed by atoms with Crippen molar-refractivity contribution in [2.24, 2.45) is 7.05 Å². The molecule has 0 atom stereocenters. The third kappa shape index (κ3) is 2.16. The zero-order valence-corrected chi connectivity index (χ0v) is 10.4. The molecule has 0 aliphatic heterocycles. The summed E-state index contributed by atoms with van der Waals surface area (Å²) in [7, 11) is -1.46. The second kappa shape index (κ2) is 3.89. The molecule has 0 aliphatic rings. The van der Waals surface area contributed by atoms with Crippen LogP contribution in [-0.4, -0.2) is 24.5 Å². The van der Waals surface area contributed by atoms with Crippen LogP contribution < -0.4 is 5.73 Å². The Kier molecular flexibility index (Phi) is 2.66. The van der Waals surface area contributed by atoms with E-state index in [4.69, 9.17) is 5.73 Å². The minimum Gasteiger partial charge on any atom is -0.398 e. The maximum Gasteiger partial charge on any atom is 0.177 e. The highest BCUT2D eigenvalue weighted by Gasteiger charge is 2.13. The Morgan fingerprint density at radius 3 is 2.47 bits per heavy atom. The third-order valence-electron chi connectivity index (χ3n) is 2.53. The van der Waals surface area contributed by atoms with Crippen LogP contribution in [0.4, 0.5) is 5.69 Å². The van der Waals surface area contributed by atoms with E-state index in [0.29, 0.717) is 0 Å². The van der Waals surface area contributed by atoms with Crippen LogP contribution in [0.5, 0.6) is 0 Å². The molecule has 0 unspecified atom stereocenters. The number of anilines is 1. The number of nitrogens with zero attached hydrogens (tertiary/aromatic N) is 2. The van der Waals surface area contributed by atoms with Gasteiger partial charge in [-0.2, -0.15) is 5.10 Å². The second-order valence-electron chi connectivity index (χ2n) is 3.86. The largest absolute Gasteiger partial charge is 0.398 e. The lowest BCUT2D eigenvalue weighted by Gasteiger charge is -2.07. The van der Waals surface area contributed by atoms with Crippen molar-refractivity contribution in [3.63, 3.8) is 0 Å². The van der Waals surface area contributed by atoms with Gasteiger partial charge in [0.2, 0.25) is 0 Å². The van der Waals surface area contributed by atoms with Crippen molar-refractivity contribution in [3.8, 4) is 11.3 Å². The van der Waals surface area contributed by atoms with E-state index in [2.05, 4.69) is 5.10 Å². The molecule has 6 heteroatoms. The Morgan fingerprint density at radius 1 is 1.29 bits per heavy atom. The van der Waals surface area contributed by atoms with E-state index >= 15 is 0 Å². The summed E-state index contributed by atoms with van der Waals surface area (Å²) in [6.07, 6.45) is 2.82. The van der Waals surface area contributed by atoms with Crippen molar-refractivity contribution in [2.45, 2.75) is 4.90 Å². The molecule has 2 N–H and O–H groups in total. The Bertz CT molecular complexity index is 659. The Labute approximate surface area is 99.8 Å². The topological polar surface area (TPSA) is 78.0 Å². The van der Waals surface area contributed by atoms with Crippen LogP contribution in [0.2, 0.25) is 0 Å². The van der Waals surface area contributed by atoms with Gasteiger partial charge in [-0.3, -0.25) is 4.68 Å². The molecular formula is C11H13N3O2S. The number of benzene rings is 1. The Hall–Kier alpha value is -1.82. The van der Waals surface area contributed by atoms with Gasteiger partial charge in [-0.25, -0.2) is 8.42 Å². The molecule has 5 nitrogen and oxygen atoms in total. The first-order chi connectivity index (χ1) is 7.89. The molecule has 1 aromatic heterocycles. The van der Waals surface area contributed by atoms with Crippen molar-refractivity contribution in [3.05, 3.63) is 30.5 Å². The van der Waals surface area contributed by atoms with E-state index in [9.17, 15) is 8.42 Å². The van der Waals surface area contributed by atoms with Gasteiger partial charge in [-0.15, -0.1) is 0 Å². The highest BCUT2D eigenvalue weighted by Crippen LogP contribution is 2.25. The first-order valence-electron chi connectivity index (χ1n) is 4.97. The van der Waals surface area contributed by atoms with Gasteiger partial charge in [-0.1, -0.05) is 6.07 Å². The summed E-state index contributed by atoms with van der Waals surface area (Å²) >= 11 is 0. The van der Waals surface area contributed by atoms with Crippen LogP contribution in [0, 0.1) is 0 Å². The Balaban J connectivity index is 2.56. The van der Waals surface area contributed by atoms with Gasteiger partial charge in [0.15, 0.2) is 9.84 Å². The van der Waals surface area contributed by atoms with Gasteiger partial charge in [0.25, 0.3) is 0 Å². The molecular weight excluding hydrogens is 238 g/mol. The summed E-state index contributed by atoms with van der Waals surface area (Å²) in [5.41, 5.74) is 7.74. The molecule has 90 valence electrons. The van der Waals surface area contributed by atoms with E-state index in [1.165, 1.54) is 6.07 Å². The number of rotatable bonds is 2. The normalized spacial score (nSPS) is 11.6. The van der Waals surface area contributed by atoms with Gasteiger partial charge in [-0.05, 0) is 18.2 Å². The molecule has 0 saturated heterocycles. The van der Waals surface area contributed by atoms with E-state index in [1.807, 2.05) is 13.1 Å². The maximum atomic E-state index is 11.4. The summed E-state index contributed by atoms with van der Waals surface area (Å²) < 4.78 is 24.5. The molecule has 1 heterocycles. The fourth-order valence-electron chi connectivity index (χ4n) is 1.70. The zero-order valence-electron chi connectivity index (χ0n) is 9.58. The summed E-state index contributed by atoms with van der Waals surface area (Å²) in [6, 6.07) is 6.74. The number of sulfone groups is 1. The lowest BCUT2D eigenvalue weighted by Crippen LogP contribution is -2.03. The SMILES string of the molecule is Cn1nccc1-c1ccc(S(C)(=O)=O)c(N)c1. The Morgan fingerprint density at radius 2 is 2.00 bits per heavy atom. The fourth-order valence-corrected chi connectivity index (χ4v) is 2.50. The molecule has 0 amide bonds. The smallest absolute Gasteiger partial charge is 0.177 e. The molecule has 2 aromatic rings. The monoisotopic (exact) mass is 251 g/mol. The quantitative estimate of drug-likeness (QED) is 0.810. The van der Waals surface area contributed by atoms with Crippen LogP contribution in [0.15, 0.2) is 35.4 Å². The van der Waals surface area contributed by atoms with Crippen LogP contribution in [0.1, 0.15) is 0 Å². The van der Waals surface area contributed by atoms with Crippen LogP contribution >= 0.6 is 0 Å². The zero-order chi connectivity index (χ0) is 12.6. The van der Waals surface area contributed by atoms with E-state index in [1.54, 1.807) is 23.0 Å². The molecule has 0 aliphatic carbocycles. The molecule has 1 aromatic carbocycles. The van der Waals surface area contributed by atoms with Crippen molar-refractivity contribution < 1.29 is 8.42 Å². The fraction of sp³-hybridized carbons (Fsp3) is 0.182. The van der Waals surface area contributed by atoms with E-state index < -0.39 is 9.84 Å². The number of aryl methyl sites for hydroxylation is 1. The summed E-state index contributed by atoms with van der Waals surface area (Å²) in [6.45, 7) is 0. The molecule has 17 heavy (non-hydrogen) atoms. The molecule has 0 saturated carbocycles. The number of nitrogens with two attached hydrogens (primary N) is 1. The van der Waals surface area contributed by atoms with Gasteiger partial charge in [0.1, 0.15) is 0 Å². The maximum absolute atomic E-state index is 11.4. The number of aromatic nitrogens is 2. The summed E-state index contributed by atoms with van der Waals surface area (Å²) in [5, 5.41) is 4.05. The van der Waals surface area contributed by atoms with Gasteiger partial charge in [0, 0.05) is 25.1 Å². The minimum absolute atomic E-state index is 0.156. The lowest BCUT2D eigenvalue weighted by molar-refractivity contribution is 0.602. The first kappa shape index (κ1) is 11.7. The predicted molar refractivity (Wildman–Crippen MR) is 66.2 cm³/mol. The highest BCUT2D eigenvalue weighted by molar-refractivity contribution is 7.90. The van der Waals surface area contributed by atoms with Gasteiger partial charge < -0.3 is 5.73 Å². The van der Waals surface area contributed by atoms with Crippen molar-refractivity contribution in [2.75, 3.05) is 12.0 Å². The van der Waals surface area contributed by atoms with E-state index in [-0.39, 0.29) is 10.6 Å². The number of hydrogen-bond acceptors (Lipinski definition) is 4. The average Bonchev–Trinajstić information content (AvgIpc) is 2.62. The molecule has 0 bridgehead atoms. The summed E-state index contributed by atoms with van der Waals surface area (Å²) in [4.78, 5) is 0.156. The standard InChI is InChI=1S/C11H13N3O2S/c1-14-10(5-6-13-14)8-3-4-11(9(12)7-8)17(2,15)16/h3-7H,12H2,1-2H3. The lowest BCUT2D eigenvalue weighted by atomic mass is 10.1. The van der Waals surface area contributed by atoms with Crippen molar-refractivity contribution in [1.82, 2.24) is 9.78 Å².